The van der Waals surface area contributed by atoms with Crippen molar-refractivity contribution in [2.24, 2.45) is 5.73 Å². The average molecular weight is 415 g/mol. The lowest BCUT2D eigenvalue weighted by Crippen LogP contribution is -2.20. The molecule has 1 atom stereocenters. The number of benzene rings is 3. The highest BCUT2D eigenvalue weighted by molar-refractivity contribution is 5.57. The number of phenolic OH excluding ortho intramolecular Hbond substituents is 1. The third-order valence-electron chi connectivity index (χ3n) is 4.94. The zero-order valence-electron chi connectivity index (χ0n) is 16.2. The van der Waals surface area contributed by atoms with Gasteiger partial charge in [0.2, 0.25) is 5.88 Å². The first-order valence-electron chi connectivity index (χ1n) is 9.33. The van der Waals surface area contributed by atoms with Crippen LogP contribution >= 0.6 is 0 Å². The van der Waals surface area contributed by atoms with Crippen molar-refractivity contribution in [2.45, 2.75) is 12.5 Å². The molecule has 0 spiro atoms. The van der Waals surface area contributed by atoms with Crippen molar-refractivity contribution in [1.82, 2.24) is 0 Å². The number of ether oxygens (including phenoxy) is 2. The highest BCUT2D eigenvalue weighted by Gasteiger charge is 2.30. The second kappa shape index (κ2) is 8.08. The molecule has 0 aliphatic carbocycles. The Hall–Kier alpha value is -4.51. The van der Waals surface area contributed by atoms with Gasteiger partial charge in [-0.15, -0.1) is 0 Å². The van der Waals surface area contributed by atoms with Crippen LogP contribution in [0.4, 0.5) is 5.69 Å². The zero-order valence-corrected chi connectivity index (χ0v) is 16.2. The highest BCUT2D eigenvalue weighted by Crippen LogP contribution is 2.43. The van der Waals surface area contributed by atoms with Crippen LogP contribution in [0.1, 0.15) is 22.6 Å². The van der Waals surface area contributed by atoms with E-state index in [4.69, 9.17) is 15.2 Å². The Kier molecular flexibility index (Phi) is 5.16. The smallest absolute Gasteiger partial charge is 0.269 e. The predicted molar refractivity (Wildman–Crippen MR) is 111 cm³/mol. The van der Waals surface area contributed by atoms with Gasteiger partial charge in [-0.3, -0.25) is 10.1 Å². The van der Waals surface area contributed by atoms with Crippen molar-refractivity contribution in [3.8, 4) is 23.3 Å². The van der Waals surface area contributed by atoms with E-state index in [1.165, 1.54) is 24.3 Å². The van der Waals surface area contributed by atoms with E-state index in [9.17, 15) is 20.5 Å². The fourth-order valence-electron chi connectivity index (χ4n) is 3.47. The monoisotopic (exact) mass is 415 g/mol. The summed E-state index contributed by atoms with van der Waals surface area (Å²) < 4.78 is 11.3. The number of aromatic hydroxyl groups is 1. The average Bonchev–Trinajstić information content (AvgIpc) is 2.77. The second-order valence-electron chi connectivity index (χ2n) is 6.93. The molecule has 0 amide bonds. The fourth-order valence-corrected chi connectivity index (χ4v) is 3.47. The molecule has 31 heavy (non-hydrogen) atoms. The molecule has 8 heteroatoms. The Morgan fingerprint density at radius 3 is 2.65 bits per heavy atom. The number of allylic oxidation sites excluding steroid dienone is 1. The van der Waals surface area contributed by atoms with Crippen LogP contribution in [0.25, 0.3) is 0 Å². The first-order valence-corrected chi connectivity index (χ1v) is 9.33. The zero-order chi connectivity index (χ0) is 22.0. The van der Waals surface area contributed by atoms with E-state index in [1.54, 1.807) is 30.3 Å². The summed E-state index contributed by atoms with van der Waals surface area (Å²) in [4.78, 5) is 10.5. The molecule has 3 aromatic carbocycles. The van der Waals surface area contributed by atoms with Gasteiger partial charge in [0.05, 0.1) is 10.8 Å². The number of nitriles is 1. The molecule has 4 rings (SSSR count). The standard InChI is InChI=1S/C23H17N3O5/c24-12-20-22(19-9-6-17(27)11-21(19)31-23(20)25)15-4-7-18(8-5-15)30-13-14-2-1-3-16(10-14)26(28)29/h1-11,22,27H,13,25H2/t22-/m1/s1. The number of nitrogens with zero attached hydrogens (tertiary/aromatic N) is 2. The summed E-state index contributed by atoms with van der Waals surface area (Å²) in [7, 11) is 0. The van der Waals surface area contributed by atoms with Crippen molar-refractivity contribution < 1.29 is 19.5 Å². The molecular formula is C23H17N3O5. The lowest BCUT2D eigenvalue weighted by Gasteiger charge is -2.26. The number of fused-ring (bicyclic) bond motifs is 1. The molecule has 0 radical (unpaired) electrons. The molecular weight excluding hydrogens is 398 g/mol. The summed E-state index contributed by atoms with van der Waals surface area (Å²) in [6.07, 6.45) is 0. The normalized spacial score (nSPS) is 14.9. The minimum atomic E-state index is -0.449. The van der Waals surface area contributed by atoms with E-state index in [-0.39, 0.29) is 29.5 Å². The molecule has 0 fully saturated rings. The van der Waals surface area contributed by atoms with Gasteiger partial charge in [-0.2, -0.15) is 5.26 Å². The van der Waals surface area contributed by atoms with Crippen LogP contribution in [-0.4, -0.2) is 10.0 Å². The SMILES string of the molecule is N#CC1=C(N)Oc2cc(O)ccc2[C@H]1c1ccc(OCc2cccc([N+](=O)[O-])c2)cc1. The molecule has 3 aromatic rings. The number of hydrogen-bond donors (Lipinski definition) is 2. The first kappa shape index (κ1) is 19.8. The first-order chi connectivity index (χ1) is 15.0. The van der Waals surface area contributed by atoms with Crippen molar-refractivity contribution >= 4 is 5.69 Å². The highest BCUT2D eigenvalue weighted by atomic mass is 16.6. The second-order valence-corrected chi connectivity index (χ2v) is 6.93. The number of phenols is 1. The molecule has 0 aromatic heterocycles. The van der Waals surface area contributed by atoms with Crippen molar-refractivity contribution in [2.75, 3.05) is 0 Å². The molecule has 1 heterocycles. The third kappa shape index (κ3) is 3.97. The maximum absolute atomic E-state index is 10.9. The quantitative estimate of drug-likeness (QED) is 0.474. The van der Waals surface area contributed by atoms with E-state index >= 15 is 0 Å². The van der Waals surface area contributed by atoms with Gasteiger partial charge in [-0.1, -0.05) is 30.3 Å². The molecule has 0 bridgehead atoms. The number of nitro groups is 1. The lowest BCUT2D eigenvalue weighted by atomic mass is 9.83. The van der Waals surface area contributed by atoms with Crippen LogP contribution in [0.3, 0.4) is 0 Å². The molecule has 154 valence electrons. The van der Waals surface area contributed by atoms with Gasteiger partial charge in [0, 0.05) is 23.8 Å². The van der Waals surface area contributed by atoms with E-state index in [1.807, 2.05) is 12.1 Å². The van der Waals surface area contributed by atoms with Gasteiger partial charge < -0.3 is 20.3 Å². The molecule has 0 saturated carbocycles. The van der Waals surface area contributed by atoms with Crippen LogP contribution < -0.4 is 15.2 Å². The predicted octanol–water partition coefficient (Wildman–Crippen LogP) is 4.10. The number of non-ortho nitro benzene ring substituents is 1. The number of nitro benzene ring substituents is 1. The van der Waals surface area contributed by atoms with Crippen LogP contribution in [0.5, 0.6) is 17.2 Å². The van der Waals surface area contributed by atoms with Crippen LogP contribution in [0.2, 0.25) is 0 Å². The van der Waals surface area contributed by atoms with Crippen LogP contribution in [0.15, 0.2) is 78.2 Å². The third-order valence-corrected chi connectivity index (χ3v) is 4.94. The molecule has 8 nitrogen and oxygen atoms in total. The van der Waals surface area contributed by atoms with Crippen molar-refractivity contribution in [1.29, 1.82) is 5.26 Å². The maximum Gasteiger partial charge on any atom is 0.269 e. The number of nitrogens with two attached hydrogens (primary N) is 1. The minimum Gasteiger partial charge on any atom is -0.508 e. The summed E-state index contributed by atoms with van der Waals surface area (Å²) in [5, 5.41) is 30.2. The molecule has 0 unspecified atom stereocenters. The van der Waals surface area contributed by atoms with E-state index in [0.717, 1.165) is 5.56 Å². The summed E-state index contributed by atoms with van der Waals surface area (Å²) >= 11 is 0. The van der Waals surface area contributed by atoms with Gasteiger partial charge in [-0.25, -0.2) is 0 Å². The largest absolute Gasteiger partial charge is 0.508 e. The lowest BCUT2D eigenvalue weighted by molar-refractivity contribution is -0.384. The Morgan fingerprint density at radius 2 is 1.94 bits per heavy atom. The summed E-state index contributed by atoms with van der Waals surface area (Å²) in [6.45, 7) is 0.177. The van der Waals surface area contributed by atoms with E-state index in [0.29, 0.717) is 22.6 Å². The molecule has 1 aliphatic rings. The van der Waals surface area contributed by atoms with Crippen molar-refractivity contribution in [3.63, 3.8) is 0 Å². The topological polar surface area (TPSA) is 132 Å². The summed E-state index contributed by atoms with van der Waals surface area (Å²) in [5.41, 5.74) is 8.43. The Balaban J connectivity index is 1.57. The van der Waals surface area contributed by atoms with Gasteiger partial charge >= 0.3 is 0 Å². The Bertz CT molecular complexity index is 1230. The fraction of sp³-hybridized carbons (Fsp3) is 0.0870. The van der Waals surface area contributed by atoms with E-state index in [2.05, 4.69) is 6.07 Å². The summed E-state index contributed by atoms with van der Waals surface area (Å²) in [6, 6.07) is 20.2. The van der Waals surface area contributed by atoms with Crippen molar-refractivity contribution in [3.05, 3.63) is 105 Å². The van der Waals surface area contributed by atoms with Gasteiger partial charge in [0.25, 0.3) is 5.69 Å². The maximum atomic E-state index is 10.9. The molecule has 0 saturated heterocycles. The number of hydrogen-bond acceptors (Lipinski definition) is 7. The van der Waals surface area contributed by atoms with Crippen LogP contribution in [0, 0.1) is 21.4 Å². The van der Waals surface area contributed by atoms with Crippen LogP contribution in [-0.2, 0) is 6.61 Å². The van der Waals surface area contributed by atoms with Gasteiger partial charge in [0.1, 0.15) is 35.5 Å². The number of rotatable bonds is 5. The Labute approximate surface area is 177 Å². The van der Waals surface area contributed by atoms with E-state index < -0.39 is 10.8 Å². The van der Waals surface area contributed by atoms with Gasteiger partial charge in [0.15, 0.2) is 0 Å². The summed E-state index contributed by atoms with van der Waals surface area (Å²) in [5.74, 6) is 0.559. The molecule has 3 N–H and O–H groups in total. The molecule has 1 aliphatic heterocycles. The van der Waals surface area contributed by atoms with Gasteiger partial charge in [-0.05, 0) is 29.3 Å². The minimum absolute atomic E-state index is 0.00315. The Morgan fingerprint density at radius 1 is 1.16 bits per heavy atom.